The second kappa shape index (κ2) is 6.52. The molecule has 0 spiro atoms. The summed E-state index contributed by atoms with van der Waals surface area (Å²) in [6, 6.07) is 5.72. The van der Waals surface area contributed by atoms with Crippen LogP contribution in [0, 0.1) is 13.8 Å². The summed E-state index contributed by atoms with van der Waals surface area (Å²) >= 11 is 0. The second-order valence-corrected chi connectivity index (χ2v) is 5.07. The van der Waals surface area contributed by atoms with Gasteiger partial charge < -0.3 is 15.4 Å². The number of carbonyl (C=O) groups excluding carboxylic acids is 2. The first-order valence-electron chi connectivity index (χ1n) is 6.82. The quantitative estimate of drug-likeness (QED) is 0.876. The summed E-state index contributed by atoms with van der Waals surface area (Å²) in [7, 11) is 0. The zero-order valence-corrected chi connectivity index (χ0v) is 11.9. The predicted octanol–water partition coefficient (Wildman–Crippen LogP) is 1.54. The minimum Gasteiger partial charge on any atom is -0.368 e. The van der Waals surface area contributed by atoms with Crippen molar-refractivity contribution in [3.8, 4) is 0 Å². The van der Waals surface area contributed by atoms with Crippen LogP contribution in [-0.4, -0.2) is 31.1 Å². The van der Waals surface area contributed by atoms with Crippen LogP contribution in [-0.2, 0) is 14.3 Å². The van der Waals surface area contributed by atoms with Gasteiger partial charge in [-0.3, -0.25) is 9.59 Å². The molecule has 1 fully saturated rings. The molecule has 1 aromatic rings. The lowest BCUT2D eigenvalue weighted by Crippen LogP contribution is -2.39. The van der Waals surface area contributed by atoms with Gasteiger partial charge >= 0.3 is 0 Å². The van der Waals surface area contributed by atoms with E-state index in [1.807, 2.05) is 32.0 Å². The van der Waals surface area contributed by atoms with Gasteiger partial charge in [-0.1, -0.05) is 6.07 Å². The normalized spacial score (nSPS) is 17.8. The van der Waals surface area contributed by atoms with Crippen LogP contribution in [0.15, 0.2) is 18.2 Å². The Morgan fingerprint density at radius 2 is 2.10 bits per heavy atom. The van der Waals surface area contributed by atoms with Crippen LogP contribution in [0.25, 0.3) is 0 Å². The van der Waals surface area contributed by atoms with E-state index < -0.39 is 6.10 Å². The van der Waals surface area contributed by atoms with Crippen molar-refractivity contribution in [2.75, 3.05) is 18.5 Å². The summed E-state index contributed by atoms with van der Waals surface area (Å²) in [6.45, 7) is 4.59. The molecule has 1 unspecified atom stereocenters. The SMILES string of the molecule is Cc1ccc(NC(=O)CNC(=O)C2CCCO2)cc1C. The first-order valence-corrected chi connectivity index (χ1v) is 6.82. The summed E-state index contributed by atoms with van der Waals surface area (Å²) in [5, 5.41) is 5.36. The third kappa shape index (κ3) is 3.81. The standard InChI is InChI=1S/C15H20N2O3/c1-10-5-6-12(8-11(10)2)17-14(18)9-16-15(19)13-4-3-7-20-13/h5-6,8,13H,3-4,7,9H2,1-2H3,(H,16,19)(H,17,18). The molecular formula is C15H20N2O3. The van der Waals surface area contributed by atoms with E-state index in [9.17, 15) is 9.59 Å². The lowest BCUT2D eigenvalue weighted by molar-refractivity contribution is -0.131. The summed E-state index contributed by atoms with van der Waals surface area (Å²) in [5.74, 6) is -0.447. The molecule has 0 aliphatic carbocycles. The van der Waals surface area contributed by atoms with E-state index in [0.717, 1.165) is 24.1 Å². The van der Waals surface area contributed by atoms with Gasteiger partial charge in [0.1, 0.15) is 6.10 Å². The van der Waals surface area contributed by atoms with E-state index in [-0.39, 0.29) is 18.4 Å². The molecule has 1 saturated heterocycles. The number of aryl methyl sites for hydroxylation is 2. The third-order valence-electron chi connectivity index (χ3n) is 3.44. The highest BCUT2D eigenvalue weighted by molar-refractivity contribution is 5.95. The van der Waals surface area contributed by atoms with Crippen molar-refractivity contribution in [2.45, 2.75) is 32.8 Å². The van der Waals surface area contributed by atoms with Crippen LogP contribution in [0.2, 0.25) is 0 Å². The van der Waals surface area contributed by atoms with Crippen LogP contribution in [0.4, 0.5) is 5.69 Å². The maximum absolute atomic E-state index is 11.8. The average molecular weight is 276 g/mol. The minimum atomic E-state index is -0.399. The number of nitrogens with one attached hydrogen (secondary N) is 2. The maximum Gasteiger partial charge on any atom is 0.249 e. The third-order valence-corrected chi connectivity index (χ3v) is 3.44. The zero-order chi connectivity index (χ0) is 14.5. The van der Waals surface area contributed by atoms with Gasteiger partial charge in [0.25, 0.3) is 0 Å². The van der Waals surface area contributed by atoms with Gasteiger partial charge in [0.15, 0.2) is 0 Å². The molecule has 2 rings (SSSR count). The highest BCUT2D eigenvalue weighted by Crippen LogP contribution is 2.14. The van der Waals surface area contributed by atoms with E-state index >= 15 is 0 Å². The summed E-state index contributed by atoms with van der Waals surface area (Å²) in [4.78, 5) is 23.4. The van der Waals surface area contributed by atoms with Gasteiger partial charge in [0, 0.05) is 12.3 Å². The molecule has 1 aliphatic heterocycles. The van der Waals surface area contributed by atoms with Gasteiger partial charge in [-0.2, -0.15) is 0 Å². The molecule has 5 nitrogen and oxygen atoms in total. The van der Waals surface area contributed by atoms with Crippen molar-refractivity contribution in [1.29, 1.82) is 0 Å². The predicted molar refractivity (Wildman–Crippen MR) is 76.5 cm³/mol. The van der Waals surface area contributed by atoms with Crippen LogP contribution in [0.3, 0.4) is 0 Å². The molecule has 2 amide bonds. The van der Waals surface area contributed by atoms with Gasteiger partial charge in [0.2, 0.25) is 11.8 Å². The summed E-state index contributed by atoms with van der Waals surface area (Å²) in [5.41, 5.74) is 3.03. The molecule has 5 heteroatoms. The minimum absolute atomic E-state index is 0.0361. The number of anilines is 1. The Bertz CT molecular complexity index is 508. The van der Waals surface area contributed by atoms with Crippen molar-refractivity contribution < 1.29 is 14.3 Å². The van der Waals surface area contributed by atoms with Crippen LogP contribution >= 0.6 is 0 Å². The van der Waals surface area contributed by atoms with Crippen molar-refractivity contribution in [3.05, 3.63) is 29.3 Å². The first-order chi connectivity index (χ1) is 9.56. The summed E-state index contributed by atoms with van der Waals surface area (Å²) in [6.07, 6.45) is 1.22. The van der Waals surface area contributed by atoms with E-state index in [1.54, 1.807) is 0 Å². The van der Waals surface area contributed by atoms with E-state index in [2.05, 4.69) is 10.6 Å². The van der Waals surface area contributed by atoms with E-state index in [4.69, 9.17) is 4.74 Å². The van der Waals surface area contributed by atoms with Crippen molar-refractivity contribution in [3.63, 3.8) is 0 Å². The van der Waals surface area contributed by atoms with Crippen LogP contribution < -0.4 is 10.6 Å². The van der Waals surface area contributed by atoms with Gasteiger partial charge in [-0.15, -0.1) is 0 Å². The van der Waals surface area contributed by atoms with E-state index in [0.29, 0.717) is 6.61 Å². The topological polar surface area (TPSA) is 67.4 Å². The fourth-order valence-electron chi connectivity index (χ4n) is 2.09. The molecule has 0 aromatic heterocycles. The lowest BCUT2D eigenvalue weighted by Gasteiger charge is -2.11. The van der Waals surface area contributed by atoms with Crippen molar-refractivity contribution in [1.82, 2.24) is 5.32 Å². The van der Waals surface area contributed by atoms with Gasteiger partial charge in [0.05, 0.1) is 6.54 Å². The van der Waals surface area contributed by atoms with Gasteiger partial charge in [-0.25, -0.2) is 0 Å². The molecular weight excluding hydrogens is 256 g/mol. The zero-order valence-electron chi connectivity index (χ0n) is 11.9. The van der Waals surface area contributed by atoms with E-state index in [1.165, 1.54) is 5.56 Å². The Morgan fingerprint density at radius 3 is 2.75 bits per heavy atom. The van der Waals surface area contributed by atoms with Crippen LogP contribution in [0.1, 0.15) is 24.0 Å². The fourth-order valence-corrected chi connectivity index (χ4v) is 2.09. The Hall–Kier alpha value is -1.88. The first kappa shape index (κ1) is 14.5. The molecule has 20 heavy (non-hydrogen) atoms. The molecule has 0 radical (unpaired) electrons. The number of hydrogen-bond donors (Lipinski definition) is 2. The highest BCUT2D eigenvalue weighted by Gasteiger charge is 2.23. The molecule has 0 saturated carbocycles. The smallest absolute Gasteiger partial charge is 0.249 e. The van der Waals surface area contributed by atoms with Crippen molar-refractivity contribution >= 4 is 17.5 Å². The number of benzene rings is 1. The Kier molecular flexibility index (Phi) is 4.74. The molecule has 1 aromatic carbocycles. The Balaban J connectivity index is 1.80. The Labute approximate surface area is 118 Å². The Morgan fingerprint density at radius 1 is 1.30 bits per heavy atom. The fraction of sp³-hybridized carbons (Fsp3) is 0.467. The number of ether oxygens (including phenoxy) is 1. The van der Waals surface area contributed by atoms with Crippen LogP contribution in [0.5, 0.6) is 0 Å². The lowest BCUT2D eigenvalue weighted by atomic mass is 10.1. The molecule has 1 heterocycles. The largest absolute Gasteiger partial charge is 0.368 e. The number of carbonyl (C=O) groups is 2. The van der Waals surface area contributed by atoms with Gasteiger partial charge in [-0.05, 0) is 49.9 Å². The number of amides is 2. The molecule has 0 bridgehead atoms. The maximum atomic E-state index is 11.8. The highest BCUT2D eigenvalue weighted by atomic mass is 16.5. The second-order valence-electron chi connectivity index (χ2n) is 5.07. The molecule has 1 aliphatic rings. The molecule has 1 atom stereocenters. The van der Waals surface area contributed by atoms with Crippen molar-refractivity contribution in [2.24, 2.45) is 0 Å². The molecule has 108 valence electrons. The summed E-state index contributed by atoms with van der Waals surface area (Å²) < 4.78 is 5.25. The molecule has 2 N–H and O–H groups in total. The number of hydrogen-bond acceptors (Lipinski definition) is 3. The average Bonchev–Trinajstić information content (AvgIpc) is 2.94. The monoisotopic (exact) mass is 276 g/mol. The number of rotatable bonds is 4.